The lowest BCUT2D eigenvalue weighted by molar-refractivity contribution is 1.52. The van der Waals surface area contributed by atoms with Crippen molar-refractivity contribution >= 4 is 43.0 Å². The molecule has 0 aliphatic carbocycles. The number of hydrogen-bond acceptors (Lipinski definition) is 2. The Labute approximate surface area is 114 Å². The molecule has 2 heteroatoms. The quantitative estimate of drug-likeness (QED) is 0.404. The predicted octanol–water partition coefficient (Wildman–Crippen LogP) is 5.08. The summed E-state index contributed by atoms with van der Waals surface area (Å²) in [6.07, 6.45) is 0. The van der Waals surface area contributed by atoms with E-state index < -0.39 is 0 Å². The molecule has 4 rings (SSSR count). The summed E-state index contributed by atoms with van der Waals surface area (Å²) in [5.74, 6) is 0. The maximum absolute atomic E-state index is 8.99. The largest absolute Gasteiger partial charge is 0.192 e. The van der Waals surface area contributed by atoms with Crippen molar-refractivity contribution in [3.8, 4) is 6.07 Å². The van der Waals surface area contributed by atoms with Gasteiger partial charge < -0.3 is 0 Å². The van der Waals surface area contributed by atoms with Crippen molar-refractivity contribution in [1.82, 2.24) is 0 Å². The number of benzene rings is 3. The van der Waals surface area contributed by atoms with Gasteiger partial charge in [0.2, 0.25) is 0 Å². The average Bonchev–Trinajstić information content (AvgIpc) is 2.84. The van der Waals surface area contributed by atoms with E-state index in [2.05, 4.69) is 54.6 Å². The van der Waals surface area contributed by atoms with Gasteiger partial charge in [0.25, 0.3) is 0 Å². The highest BCUT2D eigenvalue weighted by atomic mass is 32.1. The van der Waals surface area contributed by atoms with Crippen molar-refractivity contribution in [2.75, 3.05) is 0 Å². The van der Waals surface area contributed by atoms with Crippen LogP contribution < -0.4 is 0 Å². The first-order chi connectivity index (χ1) is 9.33. The second kappa shape index (κ2) is 3.81. The van der Waals surface area contributed by atoms with Gasteiger partial charge in [-0.1, -0.05) is 24.3 Å². The molecule has 0 saturated heterocycles. The van der Waals surface area contributed by atoms with Crippen molar-refractivity contribution < 1.29 is 0 Å². The highest BCUT2D eigenvalue weighted by Crippen LogP contribution is 2.31. The Morgan fingerprint density at radius 1 is 0.737 bits per heavy atom. The maximum atomic E-state index is 8.99. The second-order valence-electron chi connectivity index (χ2n) is 4.66. The molecule has 0 fully saturated rings. The second-order valence-corrected chi connectivity index (χ2v) is 5.74. The third-order valence-electron chi connectivity index (χ3n) is 3.45. The predicted molar refractivity (Wildman–Crippen MR) is 81.6 cm³/mol. The Balaban J connectivity index is 2.15. The van der Waals surface area contributed by atoms with E-state index in [0.29, 0.717) is 0 Å². The minimum atomic E-state index is 0.773. The zero-order valence-electron chi connectivity index (χ0n) is 10.1. The molecule has 19 heavy (non-hydrogen) atoms. The topological polar surface area (TPSA) is 23.8 Å². The standard InChI is InChI=1S/C17H9NS/c18-10-16-8-15-7-13-5-11-3-1-2-4-12(11)6-14(13)9-17(15)19-16/h1-9H. The monoisotopic (exact) mass is 259 g/mol. The molecule has 3 aromatic carbocycles. The van der Waals surface area contributed by atoms with Gasteiger partial charge in [0.15, 0.2) is 0 Å². The van der Waals surface area contributed by atoms with E-state index >= 15 is 0 Å². The molecule has 0 amide bonds. The zero-order chi connectivity index (χ0) is 12.8. The van der Waals surface area contributed by atoms with Gasteiger partial charge in [-0.3, -0.25) is 0 Å². The van der Waals surface area contributed by atoms with Gasteiger partial charge in [0.1, 0.15) is 10.9 Å². The number of hydrogen-bond donors (Lipinski definition) is 0. The van der Waals surface area contributed by atoms with Crippen LogP contribution in [-0.2, 0) is 0 Å². The third-order valence-corrected chi connectivity index (χ3v) is 4.45. The van der Waals surface area contributed by atoms with Gasteiger partial charge in [-0.15, -0.1) is 11.3 Å². The molecule has 0 bridgehead atoms. The lowest BCUT2D eigenvalue weighted by Crippen LogP contribution is -1.75. The van der Waals surface area contributed by atoms with Crippen LogP contribution in [0.2, 0.25) is 0 Å². The molecule has 0 unspecified atom stereocenters. The Hall–Kier alpha value is -2.37. The molecule has 0 saturated carbocycles. The van der Waals surface area contributed by atoms with Crippen molar-refractivity contribution in [3.63, 3.8) is 0 Å². The van der Waals surface area contributed by atoms with Crippen LogP contribution in [-0.4, -0.2) is 0 Å². The summed E-state index contributed by atoms with van der Waals surface area (Å²) in [5.41, 5.74) is 0. The van der Waals surface area contributed by atoms with E-state index in [-0.39, 0.29) is 0 Å². The highest BCUT2D eigenvalue weighted by molar-refractivity contribution is 7.19. The maximum Gasteiger partial charge on any atom is 0.110 e. The molecule has 0 radical (unpaired) electrons. The van der Waals surface area contributed by atoms with Crippen LogP contribution >= 0.6 is 11.3 Å². The van der Waals surface area contributed by atoms with Gasteiger partial charge in [0.05, 0.1) is 0 Å². The van der Waals surface area contributed by atoms with Crippen molar-refractivity contribution in [1.29, 1.82) is 5.26 Å². The first-order valence-corrected chi connectivity index (χ1v) is 6.91. The molecule has 0 aliphatic heterocycles. The van der Waals surface area contributed by atoms with Crippen LogP contribution in [0.5, 0.6) is 0 Å². The van der Waals surface area contributed by atoms with Crippen LogP contribution in [0.1, 0.15) is 4.88 Å². The summed E-state index contributed by atoms with van der Waals surface area (Å²) in [4.78, 5) is 0.773. The normalized spacial score (nSPS) is 11.1. The third kappa shape index (κ3) is 1.60. The van der Waals surface area contributed by atoms with Crippen molar-refractivity contribution in [2.45, 2.75) is 0 Å². The van der Waals surface area contributed by atoms with Gasteiger partial charge in [-0.2, -0.15) is 5.26 Å². The van der Waals surface area contributed by atoms with Gasteiger partial charge in [-0.25, -0.2) is 0 Å². The van der Waals surface area contributed by atoms with Crippen LogP contribution in [0.25, 0.3) is 31.6 Å². The SMILES string of the molecule is N#Cc1cc2cc3cc4ccccc4cc3cc2s1. The molecule has 0 N–H and O–H groups in total. The molecule has 1 nitrogen and oxygen atoms in total. The lowest BCUT2D eigenvalue weighted by Gasteiger charge is -2.02. The van der Waals surface area contributed by atoms with E-state index in [1.165, 1.54) is 26.2 Å². The summed E-state index contributed by atoms with van der Waals surface area (Å²) in [6, 6.07) is 21.4. The zero-order valence-corrected chi connectivity index (χ0v) is 10.9. The fraction of sp³-hybridized carbons (Fsp3) is 0. The molecule has 88 valence electrons. The molecule has 0 atom stereocenters. The highest BCUT2D eigenvalue weighted by Gasteiger charge is 2.04. The Bertz CT molecular complexity index is 901. The average molecular weight is 259 g/mol. The van der Waals surface area contributed by atoms with Crippen molar-refractivity contribution in [2.24, 2.45) is 0 Å². The van der Waals surface area contributed by atoms with E-state index in [1.54, 1.807) is 11.3 Å². The van der Waals surface area contributed by atoms with Gasteiger partial charge in [0, 0.05) is 4.70 Å². The lowest BCUT2D eigenvalue weighted by atomic mass is 10.0. The molecule has 0 aliphatic rings. The Morgan fingerprint density at radius 2 is 1.37 bits per heavy atom. The fourth-order valence-electron chi connectivity index (χ4n) is 2.53. The summed E-state index contributed by atoms with van der Waals surface area (Å²) in [6.45, 7) is 0. The van der Waals surface area contributed by atoms with E-state index in [0.717, 1.165) is 10.3 Å². The van der Waals surface area contributed by atoms with Crippen LogP contribution in [0.15, 0.2) is 54.6 Å². The van der Waals surface area contributed by atoms with Crippen molar-refractivity contribution in [3.05, 3.63) is 59.5 Å². The Morgan fingerprint density at radius 3 is 2.05 bits per heavy atom. The van der Waals surface area contributed by atoms with Gasteiger partial charge >= 0.3 is 0 Å². The first kappa shape index (κ1) is 10.5. The summed E-state index contributed by atoms with van der Waals surface area (Å²) >= 11 is 1.56. The molecule has 1 heterocycles. The summed E-state index contributed by atoms with van der Waals surface area (Å²) in [7, 11) is 0. The van der Waals surface area contributed by atoms with Crippen LogP contribution in [0, 0.1) is 11.3 Å². The number of rotatable bonds is 0. The number of nitrogens with zero attached hydrogens (tertiary/aromatic N) is 1. The molecule has 1 aromatic heterocycles. The Kier molecular flexibility index (Phi) is 2.11. The van der Waals surface area contributed by atoms with E-state index in [9.17, 15) is 0 Å². The van der Waals surface area contributed by atoms with Crippen LogP contribution in [0.4, 0.5) is 0 Å². The number of nitriles is 1. The van der Waals surface area contributed by atoms with E-state index in [1.807, 2.05) is 6.07 Å². The molecular weight excluding hydrogens is 250 g/mol. The summed E-state index contributed by atoms with van der Waals surface area (Å²) in [5, 5.41) is 15.1. The summed E-state index contributed by atoms with van der Waals surface area (Å²) < 4.78 is 1.18. The smallest absolute Gasteiger partial charge is 0.110 e. The molecule has 0 spiro atoms. The minimum absolute atomic E-state index is 0.773. The first-order valence-electron chi connectivity index (χ1n) is 6.10. The molecular formula is C17H9NS. The van der Waals surface area contributed by atoms with Gasteiger partial charge in [-0.05, 0) is 57.3 Å². The fourth-order valence-corrected chi connectivity index (χ4v) is 3.42. The number of thiophene rings is 1. The minimum Gasteiger partial charge on any atom is -0.192 e. The number of fused-ring (bicyclic) bond motifs is 3. The van der Waals surface area contributed by atoms with Crippen LogP contribution in [0.3, 0.4) is 0 Å². The molecule has 4 aromatic rings. The van der Waals surface area contributed by atoms with E-state index in [4.69, 9.17) is 5.26 Å².